The van der Waals surface area contributed by atoms with Gasteiger partial charge in [0.25, 0.3) is 5.69 Å². The summed E-state index contributed by atoms with van der Waals surface area (Å²) in [6, 6.07) is 4.97. The quantitative estimate of drug-likeness (QED) is 0.647. The van der Waals surface area contributed by atoms with Crippen molar-refractivity contribution in [2.45, 2.75) is 37.8 Å². The van der Waals surface area contributed by atoms with E-state index >= 15 is 0 Å². The van der Waals surface area contributed by atoms with Crippen molar-refractivity contribution in [2.24, 2.45) is 0 Å². The zero-order valence-corrected chi connectivity index (χ0v) is 13.3. The number of likely N-dealkylation sites (N-methyl/N-ethyl adjacent to an activating group) is 1. The van der Waals surface area contributed by atoms with Gasteiger partial charge in [0.2, 0.25) is 0 Å². The minimum Gasteiger partial charge on any atom is -0.311 e. The molecule has 0 aromatic heterocycles. The van der Waals surface area contributed by atoms with Crippen molar-refractivity contribution in [1.82, 2.24) is 10.2 Å². The van der Waals surface area contributed by atoms with Crippen molar-refractivity contribution in [2.75, 3.05) is 20.6 Å². The molecule has 1 aromatic rings. The highest BCUT2D eigenvalue weighted by Gasteiger charge is 2.35. The number of hydrogen-bond acceptors (Lipinski definition) is 4. The van der Waals surface area contributed by atoms with Gasteiger partial charge in [-0.2, -0.15) is 0 Å². The topological polar surface area (TPSA) is 58.4 Å². The SMILES string of the molecule is CN(C)C1(CNCc2ccc(Cl)c([N+](=O)[O-])c2)CCCC1. The van der Waals surface area contributed by atoms with E-state index in [2.05, 4.69) is 24.3 Å². The Labute approximate surface area is 130 Å². The molecule has 0 unspecified atom stereocenters. The maximum Gasteiger partial charge on any atom is 0.288 e. The minimum atomic E-state index is -0.440. The first-order chi connectivity index (χ1) is 9.94. The Morgan fingerprint density at radius 1 is 1.38 bits per heavy atom. The fourth-order valence-corrected chi connectivity index (χ4v) is 3.25. The van der Waals surface area contributed by atoms with Crippen LogP contribution in [0.15, 0.2) is 18.2 Å². The molecule has 0 amide bonds. The van der Waals surface area contributed by atoms with Crippen molar-refractivity contribution in [1.29, 1.82) is 0 Å². The highest BCUT2D eigenvalue weighted by Crippen LogP contribution is 2.33. The predicted molar refractivity (Wildman–Crippen MR) is 84.7 cm³/mol. The maximum atomic E-state index is 10.9. The summed E-state index contributed by atoms with van der Waals surface area (Å²) in [5.41, 5.74) is 1.08. The second-order valence-corrected chi connectivity index (χ2v) is 6.38. The number of halogens is 1. The van der Waals surface area contributed by atoms with Gasteiger partial charge in [-0.1, -0.05) is 30.5 Å². The molecule has 116 valence electrons. The lowest BCUT2D eigenvalue weighted by atomic mass is 9.96. The van der Waals surface area contributed by atoms with Crippen LogP contribution in [0.2, 0.25) is 5.02 Å². The third kappa shape index (κ3) is 3.73. The predicted octanol–water partition coefficient (Wildman–Crippen LogP) is 3.21. The van der Waals surface area contributed by atoms with Crippen LogP contribution in [0.3, 0.4) is 0 Å². The molecule has 0 bridgehead atoms. The van der Waals surface area contributed by atoms with Gasteiger partial charge < -0.3 is 10.2 Å². The Kier molecular flexibility index (Phi) is 5.19. The summed E-state index contributed by atoms with van der Waals surface area (Å²) >= 11 is 5.82. The van der Waals surface area contributed by atoms with E-state index in [9.17, 15) is 10.1 Å². The third-order valence-electron chi connectivity index (χ3n) is 4.47. The Morgan fingerprint density at radius 2 is 2.05 bits per heavy atom. The van der Waals surface area contributed by atoms with Crippen LogP contribution in [0.5, 0.6) is 0 Å². The van der Waals surface area contributed by atoms with Gasteiger partial charge in [-0.05, 0) is 38.6 Å². The lowest BCUT2D eigenvalue weighted by molar-refractivity contribution is -0.384. The molecule has 0 radical (unpaired) electrons. The van der Waals surface area contributed by atoms with Crippen LogP contribution in [0.4, 0.5) is 5.69 Å². The average molecular weight is 312 g/mol. The minimum absolute atomic E-state index is 0.0286. The van der Waals surface area contributed by atoms with Gasteiger partial charge >= 0.3 is 0 Å². The van der Waals surface area contributed by atoms with Gasteiger partial charge in [0.05, 0.1) is 4.92 Å². The van der Waals surface area contributed by atoms with Crippen LogP contribution >= 0.6 is 11.6 Å². The van der Waals surface area contributed by atoms with Gasteiger partial charge in [0, 0.05) is 24.7 Å². The molecule has 0 aliphatic heterocycles. The first kappa shape index (κ1) is 16.2. The first-order valence-corrected chi connectivity index (χ1v) is 7.63. The van der Waals surface area contributed by atoms with Crippen LogP contribution in [0.1, 0.15) is 31.2 Å². The summed E-state index contributed by atoms with van der Waals surface area (Å²) in [7, 11) is 4.25. The monoisotopic (exact) mass is 311 g/mol. The Bertz CT molecular complexity index is 514. The van der Waals surface area contributed by atoms with Crippen LogP contribution in [-0.4, -0.2) is 36.0 Å². The van der Waals surface area contributed by atoms with Crippen molar-refractivity contribution >= 4 is 17.3 Å². The average Bonchev–Trinajstić information content (AvgIpc) is 2.90. The van der Waals surface area contributed by atoms with E-state index in [1.165, 1.54) is 25.7 Å². The molecule has 6 heteroatoms. The van der Waals surface area contributed by atoms with E-state index < -0.39 is 4.92 Å². The van der Waals surface area contributed by atoms with Crippen LogP contribution in [-0.2, 0) is 6.54 Å². The van der Waals surface area contributed by atoms with Gasteiger partial charge in [0.15, 0.2) is 0 Å². The maximum absolute atomic E-state index is 10.9. The van der Waals surface area contributed by atoms with Gasteiger partial charge in [-0.25, -0.2) is 0 Å². The van der Waals surface area contributed by atoms with Crippen molar-refractivity contribution < 1.29 is 4.92 Å². The van der Waals surface area contributed by atoms with E-state index in [1.54, 1.807) is 12.1 Å². The smallest absolute Gasteiger partial charge is 0.288 e. The highest BCUT2D eigenvalue weighted by molar-refractivity contribution is 6.32. The molecule has 0 spiro atoms. The summed E-state index contributed by atoms with van der Waals surface area (Å²) < 4.78 is 0. The highest BCUT2D eigenvalue weighted by atomic mass is 35.5. The molecule has 0 saturated heterocycles. The molecule has 1 saturated carbocycles. The van der Waals surface area contributed by atoms with Gasteiger partial charge in [-0.15, -0.1) is 0 Å². The number of nitrogens with one attached hydrogen (secondary N) is 1. The number of nitrogens with zero attached hydrogens (tertiary/aromatic N) is 2. The van der Waals surface area contributed by atoms with E-state index in [-0.39, 0.29) is 16.2 Å². The van der Waals surface area contributed by atoms with E-state index in [4.69, 9.17) is 11.6 Å². The number of benzene rings is 1. The molecule has 1 aromatic carbocycles. The fourth-order valence-electron chi connectivity index (χ4n) is 3.06. The van der Waals surface area contributed by atoms with Crippen molar-refractivity contribution in [3.63, 3.8) is 0 Å². The van der Waals surface area contributed by atoms with Gasteiger partial charge in [-0.3, -0.25) is 10.1 Å². The van der Waals surface area contributed by atoms with Crippen LogP contribution in [0.25, 0.3) is 0 Å². The molecule has 1 aliphatic rings. The molecule has 1 N–H and O–H groups in total. The second kappa shape index (κ2) is 6.73. The molecule has 1 aliphatic carbocycles. The van der Waals surface area contributed by atoms with Gasteiger partial charge in [0.1, 0.15) is 5.02 Å². The fraction of sp³-hybridized carbons (Fsp3) is 0.600. The zero-order valence-electron chi connectivity index (χ0n) is 12.6. The lowest BCUT2D eigenvalue weighted by Crippen LogP contribution is -2.49. The van der Waals surface area contributed by atoms with Crippen molar-refractivity contribution in [3.8, 4) is 0 Å². The number of rotatable bonds is 6. The molecular formula is C15H22ClN3O2. The molecular weight excluding hydrogens is 290 g/mol. The van der Waals surface area contributed by atoms with E-state index in [1.807, 2.05) is 6.07 Å². The summed E-state index contributed by atoms with van der Waals surface area (Å²) in [6.07, 6.45) is 4.94. The Hall–Kier alpha value is -1.17. The number of nitro groups is 1. The molecule has 5 nitrogen and oxygen atoms in total. The third-order valence-corrected chi connectivity index (χ3v) is 4.79. The van der Waals surface area contributed by atoms with E-state index in [0.29, 0.717) is 6.54 Å². The molecule has 2 rings (SSSR count). The van der Waals surface area contributed by atoms with Crippen molar-refractivity contribution in [3.05, 3.63) is 38.9 Å². The molecule has 0 atom stereocenters. The largest absolute Gasteiger partial charge is 0.311 e. The Balaban J connectivity index is 1.97. The normalized spacial score (nSPS) is 17.3. The van der Waals surface area contributed by atoms with E-state index in [0.717, 1.165) is 12.1 Å². The van der Waals surface area contributed by atoms with Crippen LogP contribution < -0.4 is 5.32 Å². The second-order valence-electron chi connectivity index (χ2n) is 5.97. The number of hydrogen-bond donors (Lipinski definition) is 1. The summed E-state index contributed by atoms with van der Waals surface area (Å²) in [6.45, 7) is 1.52. The number of nitro benzene ring substituents is 1. The molecule has 21 heavy (non-hydrogen) atoms. The summed E-state index contributed by atoms with van der Waals surface area (Å²) in [5.74, 6) is 0. The van der Waals surface area contributed by atoms with Crippen LogP contribution in [0, 0.1) is 10.1 Å². The first-order valence-electron chi connectivity index (χ1n) is 7.26. The summed E-state index contributed by atoms with van der Waals surface area (Å²) in [4.78, 5) is 12.8. The Morgan fingerprint density at radius 3 is 2.62 bits per heavy atom. The zero-order chi connectivity index (χ0) is 15.5. The molecule has 0 heterocycles. The lowest BCUT2D eigenvalue weighted by Gasteiger charge is -2.36. The summed E-state index contributed by atoms with van der Waals surface area (Å²) in [5, 5.41) is 14.5. The standard InChI is InChI=1S/C15H22ClN3O2/c1-18(2)15(7-3-4-8-15)11-17-10-12-5-6-13(16)14(9-12)19(20)21/h5-6,9,17H,3-4,7-8,10-11H2,1-2H3. The molecule has 1 fully saturated rings.